The van der Waals surface area contributed by atoms with Crippen molar-refractivity contribution < 1.29 is 19.1 Å². The largest absolute Gasteiger partial charge is 0.521 e. The second kappa shape index (κ2) is 7.41. The first kappa shape index (κ1) is 14.1. The molecule has 0 unspecified atom stereocenters. The molecule has 0 fully saturated rings. The molecule has 1 atom stereocenters. The van der Waals surface area contributed by atoms with E-state index in [0.29, 0.717) is 25.1 Å². The van der Waals surface area contributed by atoms with Crippen LogP contribution in [0.15, 0.2) is 30.3 Å². The van der Waals surface area contributed by atoms with Gasteiger partial charge in [0.25, 0.3) is 0 Å². The van der Waals surface area contributed by atoms with Crippen LogP contribution in [-0.2, 0) is 9.53 Å². The molecule has 6 nitrogen and oxygen atoms in total. The molecule has 0 heterocycles. The number of hydrogen-bond acceptors (Lipinski definition) is 6. The molecule has 0 bridgehead atoms. The number of nitrogens with two attached hydrogens (primary N) is 2. The molecule has 0 amide bonds. The maximum absolute atomic E-state index is 11.4. The van der Waals surface area contributed by atoms with Gasteiger partial charge in [0, 0.05) is 0 Å². The molecule has 18 heavy (non-hydrogen) atoms. The van der Waals surface area contributed by atoms with Crippen molar-refractivity contribution in [2.24, 2.45) is 11.5 Å². The van der Waals surface area contributed by atoms with Crippen molar-refractivity contribution >= 4 is 12.1 Å². The Morgan fingerprint density at radius 1 is 1.22 bits per heavy atom. The Labute approximate surface area is 105 Å². The van der Waals surface area contributed by atoms with Gasteiger partial charge in [0.15, 0.2) is 0 Å². The first-order valence-electron chi connectivity index (χ1n) is 5.57. The zero-order chi connectivity index (χ0) is 13.4. The quantitative estimate of drug-likeness (QED) is 0.456. The highest BCUT2D eigenvalue weighted by Gasteiger charge is 2.19. The first-order valence-corrected chi connectivity index (χ1v) is 5.57. The van der Waals surface area contributed by atoms with E-state index < -0.39 is 18.2 Å². The third kappa shape index (κ3) is 4.94. The molecule has 4 N–H and O–H groups in total. The summed E-state index contributed by atoms with van der Waals surface area (Å²) in [5.74, 6) is -0.518. The van der Waals surface area contributed by atoms with Crippen LogP contribution < -0.4 is 16.2 Å². The van der Waals surface area contributed by atoms with Crippen molar-refractivity contribution in [1.29, 1.82) is 0 Å². The monoisotopic (exact) mass is 252 g/mol. The van der Waals surface area contributed by atoms with Crippen LogP contribution in [0.5, 0.6) is 5.75 Å². The smallest absolute Gasteiger partial charge is 0.395 e. The van der Waals surface area contributed by atoms with Gasteiger partial charge in [-0.1, -0.05) is 18.2 Å². The topological polar surface area (TPSA) is 105 Å². The van der Waals surface area contributed by atoms with Crippen LogP contribution in [0.3, 0.4) is 0 Å². The zero-order valence-electron chi connectivity index (χ0n) is 9.87. The maximum atomic E-state index is 11.4. The highest BCUT2D eigenvalue weighted by Crippen LogP contribution is 2.09. The molecule has 98 valence electrons. The average molecular weight is 252 g/mol. The van der Waals surface area contributed by atoms with E-state index in [1.165, 1.54) is 0 Å². The number of benzene rings is 1. The first-order chi connectivity index (χ1) is 8.63. The second-order valence-corrected chi connectivity index (χ2v) is 3.62. The minimum atomic E-state index is -1.09. The van der Waals surface area contributed by atoms with E-state index in [0.717, 1.165) is 0 Å². The third-order valence-corrected chi connectivity index (χ3v) is 2.15. The number of carbonyl (C=O) groups excluding carboxylic acids is 2. The predicted molar refractivity (Wildman–Crippen MR) is 64.8 cm³/mol. The number of rotatable bonds is 5. The molecule has 1 aromatic rings. The molecule has 0 aliphatic rings. The average Bonchev–Trinajstić information content (AvgIpc) is 2.36. The lowest BCUT2D eigenvalue weighted by Gasteiger charge is -2.09. The van der Waals surface area contributed by atoms with Gasteiger partial charge in [-0.15, -0.1) is 0 Å². The lowest BCUT2D eigenvalue weighted by molar-refractivity contribution is -0.140. The zero-order valence-corrected chi connectivity index (χ0v) is 9.87. The molecule has 1 aromatic carbocycles. The lowest BCUT2D eigenvalue weighted by Crippen LogP contribution is -2.34. The fourth-order valence-electron chi connectivity index (χ4n) is 1.22. The summed E-state index contributed by atoms with van der Waals surface area (Å²) in [4.78, 5) is 22.6. The Balaban J connectivity index is 2.38. The van der Waals surface area contributed by atoms with Crippen LogP contribution in [0.25, 0.3) is 0 Å². The lowest BCUT2D eigenvalue weighted by atomic mass is 10.2. The van der Waals surface area contributed by atoms with Crippen molar-refractivity contribution in [1.82, 2.24) is 0 Å². The van der Waals surface area contributed by atoms with Crippen molar-refractivity contribution in [2.75, 3.05) is 6.54 Å². The summed E-state index contributed by atoms with van der Waals surface area (Å²) in [5.41, 5.74) is 10.8. The highest BCUT2D eigenvalue weighted by molar-refractivity contribution is 5.86. The fourth-order valence-corrected chi connectivity index (χ4v) is 1.22. The summed E-state index contributed by atoms with van der Waals surface area (Å²) in [6.07, 6.45) is -0.132. The van der Waals surface area contributed by atoms with E-state index in [2.05, 4.69) is 4.74 Å². The molecule has 0 aliphatic heterocycles. The number of para-hydroxylation sites is 1. The Bertz CT molecular complexity index is 394. The summed E-state index contributed by atoms with van der Waals surface area (Å²) in [6.45, 7) is 0.426. The van der Waals surface area contributed by atoms with Gasteiger partial charge < -0.3 is 20.9 Å². The number of ether oxygens (including phenoxy) is 2. The molecule has 0 saturated heterocycles. The molecule has 0 aliphatic carbocycles. The standard InChI is InChI=1S/C12H16N2O4/c13-8-4-7-10(14)11(15)18-12(16)17-9-5-2-1-3-6-9/h1-3,5-6,10H,4,7-8,13-14H2/t10-/m1/s1. The summed E-state index contributed by atoms with van der Waals surface area (Å²) in [6, 6.07) is 7.43. The van der Waals surface area contributed by atoms with Crippen molar-refractivity contribution in [3.63, 3.8) is 0 Å². The SMILES string of the molecule is NCCC[C@@H](N)C(=O)OC(=O)Oc1ccccc1. The van der Waals surface area contributed by atoms with Crippen LogP contribution in [0.4, 0.5) is 4.79 Å². The van der Waals surface area contributed by atoms with Gasteiger partial charge in [0.1, 0.15) is 11.8 Å². The van der Waals surface area contributed by atoms with Crippen LogP contribution >= 0.6 is 0 Å². The minimum absolute atomic E-state index is 0.297. The summed E-state index contributed by atoms with van der Waals surface area (Å²) < 4.78 is 9.22. The van der Waals surface area contributed by atoms with Crippen LogP contribution in [0.2, 0.25) is 0 Å². The molecular weight excluding hydrogens is 236 g/mol. The predicted octanol–water partition coefficient (Wildman–Crippen LogP) is 0.795. The summed E-state index contributed by atoms with van der Waals surface area (Å²) >= 11 is 0. The number of hydrogen-bond donors (Lipinski definition) is 2. The van der Waals surface area contributed by atoms with E-state index in [1.54, 1.807) is 30.3 Å². The molecule has 0 aromatic heterocycles. The van der Waals surface area contributed by atoms with Gasteiger partial charge in [-0.2, -0.15) is 0 Å². The maximum Gasteiger partial charge on any atom is 0.521 e. The molecule has 0 radical (unpaired) electrons. The summed E-state index contributed by atoms with van der Waals surface area (Å²) in [5, 5.41) is 0. The van der Waals surface area contributed by atoms with Gasteiger partial charge in [-0.05, 0) is 31.5 Å². The summed E-state index contributed by atoms with van der Waals surface area (Å²) in [7, 11) is 0. The van der Waals surface area contributed by atoms with Crippen LogP contribution in [0.1, 0.15) is 12.8 Å². The minimum Gasteiger partial charge on any atom is -0.395 e. The van der Waals surface area contributed by atoms with E-state index in [9.17, 15) is 9.59 Å². The van der Waals surface area contributed by atoms with Gasteiger partial charge in [-0.3, -0.25) is 0 Å². The van der Waals surface area contributed by atoms with Crippen molar-refractivity contribution in [3.05, 3.63) is 30.3 Å². The fraction of sp³-hybridized carbons (Fsp3) is 0.333. The van der Waals surface area contributed by atoms with Gasteiger partial charge >= 0.3 is 12.1 Å². The van der Waals surface area contributed by atoms with Crippen LogP contribution in [0, 0.1) is 0 Å². The Kier molecular flexibility index (Phi) is 5.83. The van der Waals surface area contributed by atoms with E-state index in [1.807, 2.05) is 0 Å². The molecule has 6 heteroatoms. The normalized spacial score (nSPS) is 11.7. The van der Waals surface area contributed by atoms with Crippen molar-refractivity contribution in [3.8, 4) is 5.75 Å². The Morgan fingerprint density at radius 3 is 2.50 bits per heavy atom. The molecule has 0 saturated carbocycles. The third-order valence-electron chi connectivity index (χ3n) is 2.15. The van der Waals surface area contributed by atoms with E-state index in [4.69, 9.17) is 16.2 Å². The highest BCUT2D eigenvalue weighted by atomic mass is 16.7. The number of carbonyl (C=O) groups is 2. The Hall–Kier alpha value is -1.92. The van der Waals surface area contributed by atoms with E-state index in [-0.39, 0.29) is 0 Å². The Morgan fingerprint density at radius 2 is 1.89 bits per heavy atom. The molecular formula is C12H16N2O4. The second-order valence-electron chi connectivity index (χ2n) is 3.62. The van der Waals surface area contributed by atoms with Gasteiger partial charge in [-0.25, -0.2) is 9.59 Å². The van der Waals surface area contributed by atoms with Gasteiger partial charge in [0.05, 0.1) is 0 Å². The number of esters is 1. The van der Waals surface area contributed by atoms with Crippen molar-refractivity contribution in [2.45, 2.75) is 18.9 Å². The molecule has 0 spiro atoms. The van der Waals surface area contributed by atoms with E-state index >= 15 is 0 Å². The van der Waals surface area contributed by atoms with Crippen LogP contribution in [-0.4, -0.2) is 24.7 Å². The van der Waals surface area contributed by atoms with Gasteiger partial charge in [0.2, 0.25) is 0 Å². The molecule has 1 rings (SSSR count).